The SMILES string of the molecule is Cc1cc(NC(=O)C2CCCN2S(=O)(=O)c2ccc(Cl)s2)n(-c2nc3cc4c(cc3s2)OCO4)n1. The molecule has 4 aromatic rings. The van der Waals surface area contributed by atoms with E-state index in [1.807, 2.05) is 19.1 Å². The Kier molecular flexibility index (Phi) is 5.49. The van der Waals surface area contributed by atoms with Crippen LogP contribution in [0.25, 0.3) is 15.3 Å². The second-order valence-corrected chi connectivity index (χ2v) is 12.9. The summed E-state index contributed by atoms with van der Waals surface area (Å²) in [4.78, 5) is 17.9. The zero-order valence-electron chi connectivity index (χ0n) is 18.2. The number of fused-ring (bicyclic) bond motifs is 2. The van der Waals surface area contributed by atoms with E-state index in [1.165, 1.54) is 27.8 Å². The number of aromatic nitrogens is 3. The van der Waals surface area contributed by atoms with Gasteiger partial charge in [0.2, 0.25) is 17.8 Å². The van der Waals surface area contributed by atoms with E-state index >= 15 is 0 Å². The van der Waals surface area contributed by atoms with Gasteiger partial charge in [0.05, 0.1) is 20.2 Å². The Morgan fingerprint density at radius 3 is 2.77 bits per heavy atom. The predicted molar refractivity (Wildman–Crippen MR) is 132 cm³/mol. The number of carbonyl (C=O) groups excluding carboxylic acids is 1. The molecule has 0 saturated carbocycles. The fourth-order valence-corrected chi connectivity index (χ4v) is 8.39. The Balaban J connectivity index is 1.29. The van der Waals surface area contributed by atoms with E-state index in [0.717, 1.165) is 21.6 Å². The zero-order chi connectivity index (χ0) is 24.3. The van der Waals surface area contributed by atoms with Gasteiger partial charge in [-0.3, -0.25) is 4.79 Å². The lowest BCUT2D eigenvalue weighted by Gasteiger charge is -2.22. The van der Waals surface area contributed by atoms with Crippen LogP contribution in [0.5, 0.6) is 11.5 Å². The lowest BCUT2D eigenvalue weighted by atomic mass is 10.2. The van der Waals surface area contributed by atoms with Gasteiger partial charge in [0.25, 0.3) is 10.0 Å². The number of thiazole rings is 1. The van der Waals surface area contributed by atoms with E-state index in [1.54, 1.807) is 10.7 Å². The summed E-state index contributed by atoms with van der Waals surface area (Å²) in [5.41, 5.74) is 1.40. The fraction of sp³-hybridized carbons (Fsp3) is 0.286. The van der Waals surface area contributed by atoms with E-state index in [4.69, 9.17) is 21.1 Å². The van der Waals surface area contributed by atoms with Gasteiger partial charge in [0.1, 0.15) is 16.1 Å². The molecule has 1 saturated heterocycles. The number of amides is 1. The molecular formula is C21H18ClN5O5S3. The molecule has 1 N–H and O–H groups in total. The molecule has 0 radical (unpaired) electrons. The van der Waals surface area contributed by atoms with Crippen LogP contribution in [0.4, 0.5) is 5.82 Å². The summed E-state index contributed by atoms with van der Waals surface area (Å²) in [6, 6.07) is 7.57. The molecule has 2 aliphatic heterocycles. The Labute approximate surface area is 213 Å². The summed E-state index contributed by atoms with van der Waals surface area (Å²) < 4.78 is 41.4. The van der Waals surface area contributed by atoms with Gasteiger partial charge < -0.3 is 14.8 Å². The zero-order valence-corrected chi connectivity index (χ0v) is 21.4. The van der Waals surface area contributed by atoms with E-state index < -0.39 is 22.0 Å². The predicted octanol–water partition coefficient (Wildman–Crippen LogP) is 4.03. The quantitative estimate of drug-likeness (QED) is 0.398. The minimum atomic E-state index is -3.83. The molecule has 5 heterocycles. The number of benzene rings is 1. The number of thiophene rings is 1. The van der Waals surface area contributed by atoms with Gasteiger partial charge in [-0.2, -0.15) is 14.1 Å². The highest BCUT2D eigenvalue weighted by atomic mass is 35.5. The maximum atomic E-state index is 13.3. The van der Waals surface area contributed by atoms with Crippen molar-refractivity contribution in [1.29, 1.82) is 0 Å². The van der Waals surface area contributed by atoms with E-state index in [9.17, 15) is 13.2 Å². The molecular weight excluding hydrogens is 534 g/mol. The second kappa shape index (κ2) is 8.45. The summed E-state index contributed by atoms with van der Waals surface area (Å²) in [6.07, 6.45) is 1.01. The van der Waals surface area contributed by atoms with Crippen LogP contribution >= 0.6 is 34.3 Å². The molecule has 0 bridgehead atoms. The third kappa shape index (κ3) is 3.96. The van der Waals surface area contributed by atoms with Crippen LogP contribution in [-0.2, 0) is 14.8 Å². The number of nitrogens with zero attached hydrogens (tertiary/aromatic N) is 4. The van der Waals surface area contributed by atoms with Crippen LogP contribution in [0, 0.1) is 6.92 Å². The highest BCUT2D eigenvalue weighted by Crippen LogP contribution is 2.39. The minimum Gasteiger partial charge on any atom is -0.454 e. The van der Waals surface area contributed by atoms with Crippen molar-refractivity contribution in [3.05, 3.63) is 40.4 Å². The third-order valence-electron chi connectivity index (χ3n) is 5.75. The standard InChI is InChI=1S/C21H18ClN5O5S3/c1-11-7-18(27(25-11)21-23-12-8-14-15(32-10-31-14)9-16(12)33-21)24-20(28)13-3-2-6-26(13)35(29,30)19-5-4-17(22)34-19/h4-5,7-9,13H,2-3,6,10H2,1H3,(H,24,28). The molecule has 1 amide bonds. The number of nitrogens with one attached hydrogen (secondary N) is 1. The molecule has 0 spiro atoms. The molecule has 0 aliphatic carbocycles. The first-order valence-corrected chi connectivity index (χ1v) is 14.1. The molecule has 2 aliphatic rings. The summed E-state index contributed by atoms with van der Waals surface area (Å²) >= 11 is 8.31. The molecule has 3 aromatic heterocycles. The third-order valence-corrected chi connectivity index (χ3v) is 10.4. The maximum absolute atomic E-state index is 13.3. The molecule has 1 aromatic carbocycles. The molecule has 1 fully saturated rings. The van der Waals surface area contributed by atoms with Crippen LogP contribution in [0.2, 0.25) is 4.34 Å². The van der Waals surface area contributed by atoms with Gasteiger partial charge in [0, 0.05) is 24.7 Å². The topological polar surface area (TPSA) is 116 Å². The van der Waals surface area contributed by atoms with E-state index in [-0.39, 0.29) is 17.5 Å². The Morgan fingerprint density at radius 2 is 2.00 bits per heavy atom. The summed E-state index contributed by atoms with van der Waals surface area (Å²) in [6.45, 7) is 2.25. The molecule has 35 heavy (non-hydrogen) atoms. The molecule has 1 unspecified atom stereocenters. The van der Waals surface area contributed by atoms with Crippen molar-refractivity contribution in [2.24, 2.45) is 0 Å². The average Bonchev–Trinajstić information content (AvgIpc) is 3.61. The highest BCUT2D eigenvalue weighted by molar-refractivity contribution is 7.91. The van der Waals surface area contributed by atoms with Gasteiger partial charge in [-0.1, -0.05) is 22.9 Å². The lowest BCUT2D eigenvalue weighted by molar-refractivity contribution is -0.119. The number of hydrogen-bond donors (Lipinski definition) is 1. The number of anilines is 1. The van der Waals surface area contributed by atoms with E-state index in [2.05, 4.69) is 15.4 Å². The first-order chi connectivity index (χ1) is 16.8. The van der Waals surface area contributed by atoms with Crippen molar-refractivity contribution in [1.82, 2.24) is 19.1 Å². The van der Waals surface area contributed by atoms with Crippen molar-refractivity contribution < 1.29 is 22.7 Å². The summed E-state index contributed by atoms with van der Waals surface area (Å²) in [5.74, 6) is 1.29. The normalized spacial score (nSPS) is 17.9. The monoisotopic (exact) mass is 551 g/mol. The average molecular weight is 552 g/mol. The summed E-state index contributed by atoms with van der Waals surface area (Å²) in [7, 11) is -3.83. The van der Waals surface area contributed by atoms with Crippen molar-refractivity contribution in [3.63, 3.8) is 0 Å². The number of halogens is 1. The maximum Gasteiger partial charge on any atom is 0.253 e. The Morgan fingerprint density at radius 1 is 1.20 bits per heavy atom. The number of hydrogen-bond acceptors (Lipinski definition) is 9. The number of ether oxygens (including phenoxy) is 2. The summed E-state index contributed by atoms with van der Waals surface area (Å²) in [5, 5.41) is 7.92. The molecule has 182 valence electrons. The van der Waals surface area contributed by atoms with Gasteiger partial charge in [-0.05, 0) is 31.9 Å². The number of carbonyl (C=O) groups is 1. The Hall–Kier alpha value is -2.71. The van der Waals surface area contributed by atoms with Gasteiger partial charge in [0.15, 0.2) is 11.5 Å². The highest BCUT2D eigenvalue weighted by Gasteiger charge is 2.40. The van der Waals surface area contributed by atoms with Crippen LogP contribution in [-0.4, -0.2) is 52.8 Å². The van der Waals surface area contributed by atoms with Crippen molar-refractivity contribution in [2.75, 3.05) is 18.7 Å². The largest absolute Gasteiger partial charge is 0.454 e. The first kappa shape index (κ1) is 22.7. The van der Waals surface area contributed by atoms with E-state index in [0.29, 0.717) is 45.3 Å². The second-order valence-electron chi connectivity index (χ2n) is 8.07. The molecule has 1 atom stereocenters. The van der Waals surface area contributed by atoms with Gasteiger partial charge in [-0.15, -0.1) is 11.3 Å². The number of rotatable bonds is 5. The van der Waals surface area contributed by atoms with Crippen LogP contribution in [0.1, 0.15) is 18.5 Å². The molecule has 10 nitrogen and oxygen atoms in total. The molecule has 6 rings (SSSR count). The smallest absolute Gasteiger partial charge is 0.253 e. The number of aryl methyl sites for hydroxylation is 1. The Bertz CT molecular complexity index is 1540. The van der Waals surface area contributed by atoms with Gasteiger partial charge >= 0.3 is 0 Å². The van der Waals surface area contributed by atoms with Crippen molar-refractivity contribution >= 4 is 66.2 Å². The van der Waals surface area contributed by atoms with Crippen molar-refractivity contribution in [3.8, 4) is 16.6 Å². The first-order valence-electron chi connectivity index (χ1n) is 10.6. The molecule has 14 heteroatoms. The minimum absolute atomic E-state index is 0.123. The number of sulfonamides is 1. The van der Waals surface area contributed by atoms with Gasteiger partial charge in [-0.25, -0.2) is 13.4 Å². The lowest BCUT2D eigenvalue weighted by Crippen LogP contribution is -2.43. The van der Waals surface area contributed by atoms with Crippen LogP contribution in [0.3, 0.4) is 0 Å². The fourth-order valence-electron chi connectivity index (χ4n) is 4.18. The van der Waals surface area contributed by atoms with Crippen LogP contribution in [0.15, 0.2) is 34.5 Å². The van der Waals surface area contributed by atoms with Crippen LogP contribution < -0.4 is 14.8 Å². The van der Waals surface area contributed by atoms with Crippen molar-refractivity contribution in [2.45, 2.75) is 30.0 Å².